The van der Waals surface area contributed by atoms with E-state index < -0.39 is 6.04 Å². The quantitative estimate of drug-likeness (QED) is 0.809. The Hall–Kier alpha value is -2.08. The zero-order chi connectivity index (χ0) is 20.1. The number of carbonyl (C=O) groups excluding carboxylic acids is 1. The molecule has 28 heavy (non-hydrogen) atoms. The highest BCUT2D eigenvalue weighted by Crippen LogP contribution is 2.23. The van der Waals surface area contributed by atoms with Gasteiger partial charge in [0.15, 0.2) is 0 Å². The number of piperazine rings is 1. The number of carbonyl (C=O) groups is 1. The van der Waals surface area contributed by atoms with Crippen LogP contribution in [0.25, 0.3) is 0 Å². The summed E-state index contributed by atoms with van der Waals surface area (Å²) in [5.41, 5.74) is 9.80. The molecule has 1 amide bonds. The molecular weight excluding hydrogens is 372 g/mol. The van der Waals surface area contributed by atoms with E-state index in [0.717, 1.165) is 25.2 Å². The fraction of sp³-hybridized carbons (Fsp3) is 0.409. The minimum atomic E-state index is -0.520. The number of nitrogens with zero attached hydrogens (tertiary/aromatic N) is 3. The Balaban J connectivity index is 1.57. The Morgan fingerprint density at radius 2 is 1.71 bits per heavy atom. The number of anilines is 1. The lowest BCUT2D eigenvalue weighted by Crippen LogP contribution is -2.53. The number of nitrogens with two attached hydrogens (primary N) is 1. The molecule has 0 radical (unpaired) electrons. The molecule has 2 aromatic rings. The zero-order valence-corrected chi connectivity index (χ0v) is 17.4. The predicted octanol–water partition coefficient (Wildman–Crippen LogP) is 2.62. The average molecular weight is 401 g/mol. The van der Waals surface area contributed by atoms with Gasteiger partial charge in [0, 0.05) is 43.4 Å². The summed E-state index contributed by atoms with van der Waals surface area (Å²) in [6.45, 7) is 3.95. The maximum Gasteiger partial charge on any atom is 0.239 e. The van der Waals surface area contributed by atoms with Crippen LogP contribution in [0.4, 0.5) is 5.69 Å². The topological polar surface area (TPSA) is 52.8 Å². The maximum absolute atomic E-state index is 12.8. The van der Waals surface area contributed by atoms with Crippen molar-refractivity contribution in [2.24, 2.45) is 5.73 Å². The van der Waals surface area contributed by atoms with Crippen molar-refractivity contribution in [2.45, 2.75) is 19.0 Å². The molecule has 1 aliphatic heterocycles. The van der Waals surface area contributed by atoms with Gasteiger partial charge >= 0.3 is 0 Å². The van der Waals surface area contributed by atoms with Crippen LogP contribution in [-0.2, 0) is 17.8 Å². The van der Waals surface area contributed by atoms with Crippen molar-refractivity contribution >= 4 is 23.2 Å². The van der Waals surface area contributed by atoms with Crippen molar-refractivity contribution in [2.75, 3.05) is 45.2 Å². The molecule has 1 fully saturated rings. The number of halogens is 1. The van der Waals surface area contributed by atoms with Gasteiger partial charge in [0.25, 0.3) is 0 Å². The summed E-state index contributed by atoms with van der Waals surface area (Å²) < 4.78 is 0. The molecule has 6 heteroatoms. The van der Waals surface area contributed by atoms with Gasteiger partial charge in [0.2, 0.25) is 5.91 Å². The van der Waals surface area contributed by atoms with Gasteiger partial charge in [-0.05, 0) is 49.8 Å². The third-order valence-corrected chi connectivity index (χ3v) is 5.35. The van der Waals surface area contributed by atoms with E-state index in [1.165, 1.54) is 11.3 Å². The van der Waals surface area contributed by atoms with Gasteiger partial charge in [-0.3, -0.25) is 4.79 Å². The number of hydrogen-bond acceptors (Lipinski definition) is 4. The molecule has 1 atom stereocenters. The van der Waals surface area contributed by atoms with E-state index in [9.17, 15) is 4.79 Å². The predicted molar refractivity (Wildman–Crippen MR) is 116 cm³/mol. The zero-order valence-electron chi connectivity index (χ0n) is 16.6. The van der Waals surface area contributed by atoms with Gasteiger partial charge in [-0.15, -0.1) is 0 Å². The van der Waals surface area contributed by atoms with Crippen LogP contribution in [-0.4, -0.2) is 62.0 Å². The molecule has 1 unspecified atom stereocenters. The van der Waals surface area contributed by atoms with Crippen LogP contribution in [0.15, 0.2) is 48.5 Å². The first kappa shape index (κ1) is 20.6. The Labute approximate surface area is 172 Å². The monoisotopic (exact) mass is 400 g/mol. The van der Waals surface area contributed by atoms with Gasteiger partial charge in [0.1, 0.15) is 0 Å². The molecule has 1 aliphatic rings. The molecule has 0 saturated carbocycles. The van der Waals surface area contributed by atoms with Crippen molar-refractivity contribution in [3.8, 4) is 0 Å². The largest absolute Gasteiger partial charge is 0.368 e. The van der Waals surface area contributed by atoms with Crippen LogP contribution in [0.3, 0.4) is 0 Å². The van der Waals surface area contributed by atoms with E-state index >= 15 is 0 Å². The fourth-order valence-corrected chi connectivity index (χ4v) is 3.78. The minimum absolute atomic E-state index is 0.0242. The highest BCUT2D eigenvalue weighted by atomic mass is 35.5. The van der Waals surface area contributed by atoms with Crippen LogP contribution in [0.5, 0.6) is 0 Å². The number of para-hydroxylation sites is 1. The van der Waals surface area contributed by atoms with Crippen LogP contribution in [0.2, 0.25) is 5.02 Å². The standard InChI is InChI=1S/C22H29ClN4O/c1-25(2)16-18-5-3-4-6-21(18)26-11-13-27(14-12-26)22(28)20(24)15-17-7-9-19(23)10-8-17/h3-10,20H,11-16,24H2,1-2H3. The molecule has 150 valence electrons. The molecule has 5 nitrogen and oxygen atoms in total. The minimum Gasteiger partial charge on any atom is -0.368 e. The molecule has 0 aromatic heterocycles. The molecule has 1 heterocycles. The van der Waals surface area contributed by atoms with Crippen molar-refractivity contribution in [1.82, 2.24) is 9.80 Å². The molecule has 3 rings (SSSR count). The summed E-state index contributed by atoms with van der Waals surface area (Å²) >= 11 is 5.92. The first-order chi connectivity index (χ1) is 13.4. The van der Waals surface area contributed by atoms with Crippen molar-refractivity contribution < 1.29 is 4.79 Å². The normalized spacial score (nSPS) is 15.8. The fourth-order valence-electron chi connectivity index (χ4n) is 3.66. The van der Waals surface area contributed by atoms with E-state index in [0.29, 0.717) is 24.5 Å². The summed E-state index contributed by atoms with van der Waals surface area (Å²) in [6.07, 6.45) is 0.530. The Morgan fingerprint density at radius 1 is 1.07 bits per heavy atom. The second kappa shape index (κ2) is 9.41. The van der Waals surface area contributed by atoms with Crippen LogP contribution < -0.4 is 10.6 Å². The lowest BCUT2D eigenvalue weighted by atomic mass is 10.0. The Kier molecular flexibility index (Phi) is 6.94. The SMILES string of the molecule is CN(C)Cc1ccccc1N1CCN(C(=O)C(N)Cc2ccc(Cl)cc2)CC1. The number of benzene rings is 2. The van der Waals surface area contributed by atoms with E-state index in [1.54, 1.807) is 0 Å². The second-order valence-electron chi connectivity index (χ2n) is 7.62. The van der Waals surface area contributed by atoms with Gasteiger partial charge < -0.3 is 20.4 Å². The van der Waals surface area contributed by atoms with Crippen LogP contribution in [0, 0.1) is 0 Å². The number of hydrogen-bond donors (Lipinski definition) is 1. The molecule has 2 aromatic carbocycles. The van der Waals surface area contributed by atoms with Crippen LogP contribution >= 0.6 is 11.6 Å². The highest BCUT2D eigenvalue weighted by Gasteiger charge is 2.26. The Bertz CT molecular complexity index is 785. The summed E-state index contributed by atoms with van der Waals surface area (Å²) in [7, 11) is 4.16. The molecule has 0 bridgehead atoms. The molecule has 1 saturated heterocycles. The van der Waals surface area contributed by atoms with Gasteiger partial charge in [-0.25, -0.2) is 0 Å². The smallest absolute Gasteiger partial charge is 0.239 e. The maximum atomic E-state index is 12.8. The summed E-state index contributed by atoms with van der Waals surface area (Å²) in [4.78, 5) is 19.2. The average Bonchev–Trinajstić information content (AvgIpc) is 2.69. The third-order valence-electron chi connectivity index (χ3n) is 5.10. The second-order valence-corrected chi connectivity index (χ2v) is 8.05. The first-order valence-electron chi connectivity index (χ1n) is 9.70. The van der Waals surface area contributed by atoms with E-state index in [-0.39, 0.29) is 5.91 Å². The lowest BCUT2D eigenvalue weighted by molar-refractivity contribution is -0.132. The summed E-state index contributed by atoms with van der Waals surface area (Å²) in [5.74, 6) is 0.0242. The van der Waals surface area contributed by atoms with Crippen molar-refractivity contribution in [1.29, 1.82) is 0 Å². The van der Waals surface area contributed by atoms with E-state index in [1.807, 2.05) is 29.2 Å². The molecule has 0 spiro atoms. The van der Waals surface area contributed by atoms with E-state index in [4.69, 9.17) is 17.3 Å². The summed E-state index contributed by atoms with van der Waals surface area (Å²) in [5, 5.41) is 0.689. The van der Waals surface area contributed by atoms with Crippen LogP contribution in [0.1, 0.15) is 11.1 Å². The number of rotatable bonds is 6. The van der Waals surface area contributed by atoms with Crippen molar-refractivity contribution in [3.05, 3.63) is 64.7 Å². The van der Waals surface area contributed by atoms with Crippen molar-refractivity contribution in [3.63, 3.8) is 0 Å². The van der Waals surface area contributed by atoms with Gasteiger partial charge in [-0.1, -0.05) is 41.9 Å². The third kappa shape index (κ3) is 5.25. The lowest BCUT2D eigenvalue weighted by Gasteiger charge is -2.38. The molecule has 2 N–H and O–H groups in total. The van der Waals surface area contributed by atoms with E-state index in [2.05, 4.69) is 48.2 Å². The number of amides is 1. The van der Waals surface area contributed by atoms with Gasteiger partial charge in [-0.2, -0.15) is 0 Å². The highest BCUT2D eigenvalue weighted by molar-refractivity contribution is 6.30. The first-order valence-corrected chi connectivity index (χ1v) is 10.1. The molecule has 0 aliphatic carbocycles. The molecular formula is C22H29ClN4O. The van der Waals surface area contributed by atoms with Gasteiger partial charge in [0.05, 0.1) is 6.04 Å². The summed E-state index contributed by atoms with van der Waals surface area (Å²) in [6, 6.07) is 15.5. The Morgan fingerprint density at radius 3 is 2.36 bits per heavy atom.